The van der Waals surface area contributed by atoms with Gasteiger partial charge in [0.1, 0.15) is 0 Å². The summed E-state index contributed by atoms with van der Waals surface area (Å²) >= 11 is 5.50. The first kappa shape index (κ1) is 16.7. The molecule has 0 aliphatic heterocycles. The molecule has 1 aromatic carbocycles. The molecule has 0 spiro atoms. The summed E-state index contributed by atoms with van der Waals surface area (Å²) in [6.45, 7) is 7.75. The Labute approximate surface area is 140 Å². The molecule has 0 aliphatic rings. The van der Waals surface area contributed by atoms with Crippen LogP contribution in [0.3, 0.4) is 0 Å². The minimum atomic E-state index is 0.393. The Hall–Kier alpha value is -0.640. The summed E-state index contributed by atoms with van der Waals surface area (Å²) in [4.78, 5) is 1.40. The largest absolute Gasteiger partial charge is 0.309 e. The fourth-order valence-corrected chi connectivity index (χ4v) is 4.13. The van der Waals surface area contributed by atoms with Gasteiger partial charge in [-0.1, -0.05) is 45.0 Å². The van der Waals surface area contributed by atoms with Crippen LogP contribution >= 0.6 is 27.3 Å². The van der Waals surface area contributed by atoms with Crippen LogP contribution in [0, 0.1) is 0 Å². The van der Waals surface area contributed by atoms with E-state index in [1.54, 1.807) is 0 Å². The van der Waals surface area contributed by atoms with E-state index in [2.05, 4.69) is 77.7 Å². The first-order chi connectivity index (χ1) is 10.1. The van der Waals surface area contributed by atoms with Gasteiger partial charge in [-0.2, -0.15) is 0 Å². The molecular formula is C18H24BrNS. The molecule has 0 radical (unpaired) electrons. The molecule has 0 saturated carbocycles. The minimum Gasteiger partial charge on any atom is -0.309 e. The molecule has 1 nitrogen and oxygen atoms in total. The van der Waals surface area contributed by atoms with Crippen LogP contribution in [0.2, 0.25) is 0 Å². The predicted molar refractivity (Wildman–Crippen MR) is 97.3 cm³/mol. The second kappa shape index (κ2) is 8.11. The zero-order chi connectivity index (χ0) is 15.2. The lowest BCUT2D eigenvalue weighted by molar-refractivity contribution is 0.535. The SMILES string of the molecule is CCCNC(Cc1ccc(C(C)C)cc1)c1sccc1Br. The number of benzene rings is 1. The molecule has 1 atom stereocenters. The summed E-state index contributed by atoms with van der Waals surface area (Å²) in [7, 11) is 0. The minimum absolute atomic E-state index is 0.393. The Bertz CT molecular complexity index is 545. The van der Waals surface area contributed by atoms with Crippen LogP contribution < -0.4 is 5.32 Å². The monoisotopic (exact) mass is 365 g/mol. The Kier molecular flexibility index (Phi) is 6.46. The van der Waals surface area contributed by atoms with Gasteiger partial charge in [0.05, 0.1) is 0 Å². The molecule has 2 aromatic rings. The summed E-state index contributed by atoms with van der Waals surface area (Å²) < 4.78 is 1.22. The zero-order valence-corrected chi connectivity index (χ0v) is 15.4. The molecule has 3 heteroatoms. The van der Waals surface area contributed by atoms with Crippen LogP contribution in [0.5, 0.6) is 0 Å². The smallest absolute Gasteiger partial charge is 0.0467 e. The molecule has 0 amide bonds. The number of nitrogens with one attached hydrogen (secondary N) is 1. The first-order valence-electron chi connectivity index (χ1n) is 7.67. The van der Waals surface area contributed by atoms with E-state index < -0.39 is 0 Å². The second-order valence-electron chi connectivity index (χ2n) is 5.74. The number of halogens is 1. The van der Waals surface area contributed by atoms with E-state index in [9.17, 15) is 0 Å². The van der Waals surface area contributed by atoms with Gasteiger partial charge in [-0.3, -0.25) is 0 Å². The van der Waals surface area contributed by atoms with Crippen molar-refractivity contribution in [3.05, 3.63) is 56.2 Å². The van der Waals surface area contributed by atoms with Crippen LogP contribution in [-0.2, 0) is 6.42 Å². The van der Waals surface area contributed by atoms with Crippen molar-refractivity contribution in [3.63, 3.8) is 0 Å². The van der Waals surface area contributed by atoms with Gasteiger partial charge < -0.3 is 5.32 Å². The number of hydrogen-bond donors (Lipinski definition) is 1. The molecule has 1 aromatic heterocycles. The summed E-state index contributed by atoms with van der Waals surface area (Å²) in [5.74, 6) is 0.597. The Morgan fingerprint density at radius 3 is 2.38 bits per heavy atom. The van der Waals surface area contributed by atoms with Crippen LogP contribution in [-0.4, -0.2) is 6.54 Å². The fraction of sp³-hybridized carbons (Fsp3) is 0.444. The summed E-state index contributed by atoms with van der Waals surface area (Å²) in [6, 6.07) is 11.6. The van der Waals surface area contributed by atoms with Gasteiger partial charge in [0.25, 0.3) is 0 Å². The molecule has 114 valence electrons. The molecule has 0 saturated heterocycles. The van der Waals surface area contributed by atoms with Crippen LogP contribution in [0.25, 0.3) is 0 Å². The summed E-state index contributed by atoms with van der Waals surface area (Å²) in [5, 5.41) is 5.83. The first-order valence-corrected chi connectivity index (χ1v) is 9.34. The number of hydrogen-bond acceptors (Lipinski definition) is 2. The van der Waals surface area contributed by atoms with Gasteiger partial charge in [-0.25, -0.2) is 0 Å². The van der Waals surface area contributed by atoms with Gasteiger partial charge in [0, 0.05) is 15.4 Å². The van der Waals surface area contributed by atoms with E-state index >= 15 is 0 Å². The van der Waals surface area contributed by atoms with E-state index in [1.807, 2.05) is 11.3 Å². The lowest BCUT2D eigenvalue weighted by atomic mass is 9.98. The third-order valence-electron chi connectivity index (χ3n) is 3.69. The second-order valence-corrected chi connectivity index (χ2v) is 7.54. The topological polar surface area (TPSA) is 12.0 Å². The molecule has 1 heterocycles. The van der Waals surface area contributed by atoms with E-state index in [0.717, 1.165) is 19.4 Å². The molecule has 1 unspecified atom stereocenters. The predicted octanol–water partition coefficient (Wildman–Crippen LogP) is 5.92. The standard InChI is InChI=1S/C18H24BrNS/c1-4-10-20-17(18-16(19)9-11-21-18)12-14-5-7-15(8-6-14)13(2)3/h5-9,11,13,17,20H,4,10,12H2,1-3H3. The van der Waals surface area contributed by atoms with E-state index in [0.29, 0.717) is 12.0 Å². The lowest BCUT2D eigenvalue weighted by Gasteiger charge is -2.18. The zero-order valence-electron chi connectivity index (χ0n) is 13.0. The van der Waals surface area contributed by atoms with Gasteiger partial charge in [-0.05, 0) is 63.8 Å². The Balaban J connectivity index is 2.13. The van der Waals surface area contributed by atoms with Crippen molar-refractivity contribution >= 4 is 27.3 Å². The lowest BCUT2D eigenvalue weighted by Crippen LogP contribution is -2.23. The van der Waals surface area contributed by atoms with Crippen molar-refractivity contribution in [2.75, 3.05) is 6.54 Å². The molecule has 21 heavy (non-hydrogen) atoms. The maximum absolute atomic E-state index is 3.68. The van der Waals surface area contributed by atoms with E-state index in [1.165, 1.54) is 20.5 Å². The molecule has 1 N–H and O–H groups in total. The van der Waals surface area contributed by atoms with Crippen LogP contribution in [0.1, 0.15) is 55.2 Å². The summed E-state index contributed by atoms with van der Waals surface area (Å²) in [6.07, 6.45) is 2.20. The highest BCUT2D eigenvalue weighted by atomic mass is 79.9. The van der Waals surface area contributed by atoms with E-state index in [-0.39, 0.29) is 0 Å². The third kappa shape index (κ3) is 4.67. The number of thiophene rings is 1. The van der Waals surface area contributed by atoms with Crippen molar-refractivity contribution in [2.45, 2.75) is 45.6 Å². The highest BCUT2D eigenvalue weighted by Gasteiger charge is 2.16. The van der Waals surface area contributed by atoms with Crippen LogP contribution in [0.15, 0.2) is 40.2 Å². The van der Waals surface area contributed by atoms with Gasteiger partial charge in [-0.15, -0.1) is 11.3 Å². The highest BCUT2D eigenvalue weighted by molar-refractivity contribution is 9.10. The van der Waals surface area contributed by atoms with Gasteiger partial charge in [0.15, 0.2) is 0 Å². The third-order valence-corrected chi connectivity index (χ3v) is 5.67. The normalized spacial score (nSPS) is 12.8. The van der Waals surface area contributed by atoms with Gasteiger partial charge in [0.2, 0.25) is 0 Å². The maximum Gasteiger partial charge on any atom is 0.0467 e. The average molecular weight is 366 g/mol. The molecule has 0 bridgehead atoms. The van der Waals surface area contributed by atoms with Crippen molar-refractivity contribution in [3.8, 4) is 0 Å². The summed E-state index contributed by atoms with van der Waals surface area (Å²) in [5.41, 5.74) is 2.81. The number of rotatable bonds is 7. The molecular weight excluding hydrogens is 342 g/mol. The molecule has 2 rings (SSSR count). The van der Waals surface area contributed by atoms with E-state index in [4.69, 9.17) is 0 Å². The van der Waals surface area contributed by atoms with Gasteiger partial charge >= 0.3 is 0 Å². The molecule has 0 aliphatic carbocycles. The fourth-order valence-electron chi connectivity index (χ4n) is 2.40. The average Bonchev–Trinajstić information content (AvgIpc) is 2.90. The Morgan fingerprint density at radius 2 is 1.86 bits per heavy atom. The highest BCUT2D eigenvalue weighted by Crippen LogP contribution is 2.31. The maximum atomic E-state index is 3.68. The molecule has 0 fully saturated rings. The van der Waals surface area contributed by atoms with Crippen molar-refractivity contribution in [1.82, 2.24) is 5.32 Å². The van der Waals surface area contributed by atoms with Crippen molar-refractivity contribution in [2.24, 2.45) is 0 Å². The Morgan fingerprint density at radius 1 is 1.14 bits per heavy atom. The van der Waals surface area contributed by atoms with Crippen LogP contribution in [0.4, 0.5) is 0 Å². The quantitative estimate of drug-likeness (QED) is 0.642. The van der Waals surface area contributed by atoms with Crippen molar-refractivity contribution < 1.29 is 0 Å². The van der Waals surface area contributed by atoms with Crippen molar-refractivity contribution in [1.29, 1.82) is 0 Å².